The van der Waals surface area contributed by atoms with E-state index in [0.717, 1.165) is 32.0 Å². The number of rotatable bonds is 4. The normalized spacial score (nSPS) is 19.1. The lowest BCUT2D eigenvalue weighted by molar-refractivity contribution is -0.130. The van der Waals surface area contributed by atoms with Crippen LogP contribution < -0.4 is 5.73 Å². The molecule has 1 heterocycles. The lowest BCUT2D eigenvalue weighted by Crippen LogP contribution is -2.41. The van der Waals surface area contributed by atoms with Crippen molar-refractivity contribution < 1.29 is 4.79 Å². The van der Waals surface area contributed by atoms with Crippen LogP contribution in [0.1, 0.15) is 19.3 Å². The molecule has 0 bridgehead atoms. The van der Waals surface area contributed by atoms with Gasteiger partial charge in [0.05, 0.1) is 6.54 Å². The van der Waals surface area contributed by atoms with Crippen LogP contribution in [0.3, 0.4) is 0 Å². The van der Waals surface area contributed by atoms with E-state index >= 15 is 0 Å². The van der Waals surface area contributed by atoms with Crippen molar-refractivity contribution in [3.05, 3.63) is 0 Å². The molecular weight excluding hydrogens is 190 g/mol. The van der Waals surface area contributed by atoms with E-state index in [1.807, 2.05) is 14.1 Å². The highest BCUT2D eigenvalue weighted by atomic mass is 16.2. The Kier molecular flexibility index (Phi) is 5.05. The van der Waals surface area contributed by atoms with E-state index in [2.05, 4.69) is 4.90 Å². The highest BCUT2D eigenvalue weighted by Gasteiger charge is 2.20. The minimum atomic E-state index is 0.201. The molecule has 1 saturated heterocycles. The Labute approximate surface area is 92.4 Å². The van der Waals surface area contributed by atoms with Crippen LogP contribution in [0.4, 0.5) is 0 Å². The number of amides is 1. The van der Waals surface area contributed by atoms with Crippen LogP contribution in [-0.4, -0.2) is 56.0 Å². The lowest BCUT2D eigenvalue weighted by atomic mass is 9.94. The summed E-state index contributed by atoms with van der Waals surface area (Å²) in [7, 11) is 3.62. The Morgan fingerprint density at radius 2 is 2.00 bits per heavy atom. The van der Waals surface area contributed by atoms with Crippen molar-refractivity contribution in [2.45, 2.75) is 19.3 Å². The first-order valence-corrected chi connectivity index (χ1v) is 5.76. The maximum absolute atomic E-state index is 11.5. The van der Waals surface area contributed by atoms with Crippen LogP contribution in [0.2, 0.25) is 0 Å². The summed E-state index contributed by atoms with van der Waals surface area (Å²) in [6.07, 6.45) is 3.52. The van der Waals surface area contributed by atoms with Crippen LogP contribution in [0, 0.1) is 5.92 Å². The summed E-state index contributed by atoms with van der Waals surface area (Å²) in [5.74, 6) is 0.980. The molecule has 0 spiro atoms. The Bertz CT molecular complexity index is 198. The monoisotopic (exact) mass is 213 g/mol. The lowest BCUT2D eigenvalue weighted by Gasteiger charge is -2.31. The highest BCUT2D eigenvalue weighted by molar-refractivity contribution is 5.77. The van der Waals surface area contributed by atoms with Gasteiger partial charge < -0.3 is 10.6 Å². The molecule has 4 heteroatoms. The van der Waals surface area contributed by atoms with Crippen molar-refractivity contribution in [3.63, 3.8) is 0 Å². The van der Waals surface area contributed by atoms with Crippen LogP contribution in [0.15, 0.2) is 0 Å². The van der Waals surface area contributed by atoms with E-state index in [1.54, 1.807) is 4.90 Å². The van der Waals surface area contributed by atoms with Gasteiger partial charge in [0.15, 0.2) is 0 Å². The van der Waals surface area contributed by atoms with Gasteiger partial charge in [-0.25, -0.2) is 0 Å². The average Bonchev–Trinajstić information content (AvgIpc) is 2.21. The quantitative estimate of drug-likeness (QED) is 0.722. The van der Waals surface area contributed by atoms with Gasteiger partial charge in [0, 0.05) is 14.1 Å². The molecule has 88 valence electrons. The Balaban J connectivity index is 2.22. The van der Waals surface area contributed by atoms with Crippen molar-refractivity contribution in [1.82, 2.24) is 9.80 Å². The number of likely N-dealkylation sites (tertiary alicyclic amines) is 1. The molecule has 0 atom stereocenters. The molecule has 1 aliphatic rings. The van der Waals surface area contributed by atoms with Crippen LogP contribution in [-0.2, 0) is 4.79 Å². The first-order chi connectivity index (χ1) is 7.13. The molecule has 2 N–H and O–H groups in total. The third-order valence-corrected chi connectivity index (χ3v) is 3.14. The highest BCUT2D eigenvalue weighted by Crippen LogP contribution is 2.19. The summed E-state index contributed by atoms with van der Waals surface area (Å²) in [5, 5.41) is 0. The van der Waals surface area contributed by atoms with Crippen molar-refractivity contribution >= 4 is 5.91 Å². The molecule has 0 saturated carbocycles. The second-order valence-electron chi connectivity index (χ2n) is 4.59. The third-order valence-electron chi connectivity index (χ3n) is 3.14. The van der Waals surface area contributed by atoms with Gasteiger partial charge in [-0.3, -0.25) is 9.69 Å². The zero-order valence-electron chi connectivity index (χ0n) is 9.91. The van der Waals surface area contributed by atoms with Crippen LogP contribution >= 0.6 is 0 Å². The third kappa shape index (κ3) is 4.18. The molecule has 1 amide bonds. The van der Waals surface area contributed by atoms with Gasteiger partial charge in [-0.15, -0.1) is 0 Å². The molecule has 0 aromatic heterocycles. The van der Waals surface area contributed by atoms with Gasteiger partial charge in [0.2, 0.25) is 5.91 Å². The van der Waals surface area contributed by atoms with Crippen molar-refractivity contribution in [2.75, 3.05) is 40.3 Å². The smallest absolute Gasteiger partial charge is 0.236 e. The summed E-state index contributed by atoms with van der Waals surface area (Å²) >= 11 is 0. The van der Waals surface area contributed by atoms with Gasteiger partial charge in [-0.05, 0) is 44.8 Å². The molecule has 1 rings (SSSR count). The number of nitrogens with zero attached hydrogens (tertiary/aromatic N) is 2. The van der Waals surface area contributed by atoms with E-state index in [9.17, 15) is 4.79 Å². The second kappa shape index (κ2) is 6.08. The largest absolute Gasteiger partial charge is 0.348 e. The number of carbonyl (C=O) groups excluding carboxylic acids is 1. The zero-order valence-corrected chi connectivity index (χ0v) is 9.91. The maximum Gasteiger partial charge on any atom is 0.236 e. The summed E-state index contributed by atoms with van der Waals surface area (Å²) in [4.78, 5) is 15.4. The summed E-state index contributed by atoms with van der Waals surface area (Å²) < 4.78 is 0. The van der Waals surface area contributed by atoms with E-state index in [4.69, 9.17) is 5.73 Å². The standard InChI is InChI=1S/C11H23N3O/c1-13(2)11(15)9-14-7-4-10(3-6-12)5-8-14/h10H,3-9,12H2,1-2H3. The van der Waals surface area contributed by atoms with Gasteiger partial charge in [-0.2, -0.15) is 0 Å². The minimum absolute atomic E-state index is 0.201. The number of likely N-dealkylation sites (N-methyl/N-ethyl adjacent to an activating group) is 1. The van der Waals surface area contributed by atoms with E-state index in [1.165, 1.54) is 12.8 Å². The molecule has 0 unspecified atom stereocenters. The Morgan fingerprint density at radius 1 is 1.40 bits per heavy atom. The van der Waals surface area contributed by atoms with Crippen molar-refractivity contribution in [3.8, 4) is 0 Å². The van der Waals surface area contributed by atoms with Gasteiger partial charge in [0.25, 0.3) is 0 Å². The molecule has 0 aromatic carbocycles. The minimum Gasteiger partial charge on any atom is -0.348 e. The topological polar surface area (TPSA) is 49.6 Å². The number of hydrogen-bond acceptors (Lipinski definition) is 3. The van der Waals surface area contributed by atoms with Crippen LogP contribution in [0.5, 0.6) is 0 Å². The van der Waals surface area contributed by atoms with E-state index in [0.29, 0.717) is 6.54 Å². The molecule has 0 aromatic rings. The molecular formula is C11H23N3O. The summed E-state index contributed by atoms with van der Waals surface area (Å²) in [5.41, 5.74) is 5.54. The van der Waals surface area contributed by atoms with Crippen molar-refractivity contribution in [2.24, 2.45) is 11.7 Å². The summed E-state index contributed by atoms with van der Waals surface area (Å²) in [6, 6.07) is 0. The Morgan fingerprint density at radius 3 is 2.47 bits per heavy atom. The molecule has 1 fully saturated rings. The zero-order chi connectivity index (χ0) is 11.3. The molecule has 4 nitrogen and oxygen atoms in total. The van der Waals surface area contributed by atoms with Crippen LogP contribution in [0.25, 0.3) is 0 Å². The number of nitrogens with two attached hydrogens (primary N) is 1. The number of carbonyl (C=O) groups is 1. The first kappa shape index (κ1) is 12.5. The molecule has 1 aliphatic heterocycles. The fourth-order valence-corrected chi connectivity index (χ4v) is 2.00. The SMILES string of the molecule is CN(C)C(=O)CN1CCC(CCN)CC1. The number of hydrogen-bond donors (Lipinski definition) is 1. The molecule has 0 radical (unpaired) electrons. The fourth-order valence-electron chi connectivity index (χ4n) is 2.00. The Hall–Kier alpha value is -0.610. The van der Waals surface area contributed by atoms with Gasteiger partial charge in [0.1, 0.15) is 0 Å². The van der Waals surface area contributed by atoms with Gasteiger partial charge in [-0.1, -0.05) is 0 Å². The summed E-state index contributed by atoms with van der Waals surface area (Å²) in [6.45, 7) is 3.46. The van der Waals surface area contributed by atoms with E-state index in [-0.39, 0.29) is 5.91 Å². The average molecular weight is 213 g/mol. The van der Waals surface area contributed by atoms with E-state index < -0.39 is 0 Å². The predicted octanol–water partition coefficient (Wildman–Crippen LogP) is 0.135. The maximum atomic E-state index is 11.5. The predicted molar refractivity (Wildman–Crippen MR) is 61.5 cm³/mol. The number of piperidine rings is 1. The first-order valence-electron chi connectivity index (χ1n) is 5.76. The van der Waals surface area contributed by atoms with Crippen molar-refractivity contribution in [1.29, 1.82) is 0 Å². The van der Waals surface area contributed by atoms with Gasteiger partial charge >= 0.3 is 0 Å². The second-order valence-corrected chi connectivity index (χ2v) is 4.59. The molecule has 0 aliphatic carbocycles. The molecule has 15 heavy (non-hydrogen) atoms. The fraction of sp³-hybridized carbons (Fsp3) is 0.909.